The Morgan fingerprint density at radius 3 is 1.72 bits per heavy atom. The molecule has 17 heteroatoms. The van der Waals surface area contributed by atoms with Crippen molar-refractivity contribution in [2.24, 2.45) is 29.0 Å². The fourth-order valence-corrected chi connectivity index (χ4v) is 10.4. The van der Waals surface area contributed by atoms with E-state index in [1.807, 2.05) is 43.3 Å². The summed E-state index contributed by atoms with van der Waals surface area (Å²) < 4.78 is 24.1. The molecule has 6 aromatic carbocycles. The first kappa shape index (κ1) is 70.1. The molecule has 0 saturated heterocycles. The van der Waals surface area contributed by atoms with Crippen LogP contribution in [-0.4, -0.2) is 91.1 Å². The minimum atomic E-state index is -1.23. The van der Waals surface area contributed by atoms with E-state index in [9.17, 15) is 34.0 Å². The standard InChI is InChI=1S/C52H64N6O8.C18H20O3.CH4/c1-5-6-8-35-10-14-39(15-11-35)66-40-16-17-41(33(2)27-40)46(60)32-38(20-22-54)52(63)58(4)50-37-13-19-49(65-26-24-56)43(31-37)42-29-36(12-18-48(42)64-25-23-55)30-44(45(59)9-7-21-53)57-51(62)34(3)28-47(50)61;1-3-4-5-14-6-8-15(9-7-14)21-16-10-11-17(18(19)20)13(2)12-16;/h10-19,27,29,31,34,38,44,50H,5-9,20,22-26,28,30,32,54-56H2,1-4H3,(H,57,62);6-12H,3-5H2,1-2H3,(H,19,20);1H4/t34-,38-,44+,50+;;/m1../s1. The molecule has 4 bridgehead atoms. The number of aromatic carboxylic acids is 1. The Hall–Kier alpha value is -8.69. The highest BCUT2D eigenvalue weighted by Crippen LogP contribution is 2.41. The molecule has 0 spiro atoms. The SMILES string of the molecule is C.CCCCc1ccc(Oc2ccc(C(=O)C[C@@H](CCN)C(=O)N(C)[C@@H]3C(=O)C[C@@H](C)C(=O)N[C@H](C(=O)CCC#N)Cc4ccc(OCCN)c(c4)-c4cc3ccc4OCCN)c(C)c2)cc1.CCCCc1ccc(Oc2ccc(C(=O)O)c(C)c2)cc1. The van der Waals surface area contributed by atoms with Gasteiger partial charge in [-0.2, -0.15) is 5.26 Å². The molecule has 1 aliphatic rings. The number of hydrogen-bond acceptors (Lipinski definition) is 14. The number of benzene rings is 6. The molecule has 2 amide bonds. The number of nitrogens with one attached hydrogen (secondary N) is 1. The lowest BCUT2D eigenvalue weighted by atomic mass is 9.88. The molecule has 0 radical (unpaired) electrons. The number of rotatable bonds is 27. The van der Waals surface area contributed by atoms with Crippen LogP contribution in [-0.2, 0) is 38.4 Å². The monoisotopic (exact) mass is 1200 g/mol. The molecule has 1 heterocycles. The van der Waals surface area contributed by atoms with Crippen LogP contribution in [0, 0.1) is 37.0 Å². The number of amides is 2. The van der Waals surface area contributed by atoms with Crippen molar-refractivity contribution in [3.63, 3.8) is 0 Å². The van der Waals surface area contributed by atoms with Crippen molar-refractivity contribution in [2.75, 3.05) is 39.9 Å². The fraction of sp³-hybridized carbons (Fsp3) is 0.394. The van der Waals surface area contributed by atoms with E-state index in [0.717, 1.165) is 31.4 Å². The number of likely N-dealkylation sites (N-methyl/N-ethyl adjacent to an activating group) is 1. The van der Waals surface area contributed by atoms with Crippen molar-refractivity contribution in [2.45, 2.75) is 131 Å². The first-order valence-corrected chi connectivity index (χ1v) is 30.1. The van der Waals surface area contributed by atoms with Gasteiger partial charge in [-0.25, -0.2) is 4.79 Å². The third kappa shape index (κ3) is 19.9. The summed E-state index contributed by atoms with van der Waals surface area (Å²) in [7, 11) is 1.51. The molecule has 0 saturated carbocycles. The van der Waals surface area contributed by atoms with E-state index in [4.69, 9.17) is 41.3 Å². The Bertz CT molecular complexity index is 3360. The molecule has 6 aromatic rings. The van der Waals surface area contributed by atoms with Crippen LogP contribution in [0.1, 0.15) is 146 Å². The molecule has 7 rings (SSSR count). The fourth-order valence-electron chi connectivity index (χ4n) is 10.4. The summed E-state index contributed by atoms with van der Waals surface area (Å²) in [4.78, 5) is 83.1. The molecule has 17 nitrogen and oxygen atoms in total. The molecule has 88 heavy (non-hydrogen) atoms. The number of fused-ring (bicyclic) bond motifs is 5. The number of nitrogens with zero attached hydrogens (tertiary/aromatic N) is 2. The van der Waals surface area contributed by atoms with Gasteiger partial charge in [0.15, 0.2) is 17.3 Å². The maximum Gasteiger partial charge on any atom is 0.335 e. The average molecular weight is 1200 g/mol. The molecule has 0 aliphatic carbocycles. The van der Waals surface area contributed by atoms with Gasteiger partial charge in [0.25, 0.3) is 0 Å². The van der Waals surface area contributed by atoms with Gasteiger partial charge in [0.2, 0.25) is 11.8 Å². The molecule has 8 N–H and O–H groups in total. The van der Waals surface area contributed by atoms with Crippen molar-refractivity contribution < 1.29 is 52.8 Å². The second-order valence-electron chi connectivity index (χ2n) is 22.0. The van der Waals surface area contributed by atoms with Crippen LogP contribution in [0.15, 0.2) is 121 Å². The number of nitrogens with two attached hydrogens (primary N) is 3. The molecular weight excluding hydrogens is 1110 g/mol. The van der Waals surface area contributed by atoms with Gasteiger partial charge in [0.1, 0.15) is 53.8 Å². The smallest absolute Gasteiger partial charge is 0.335 e. The quantitative estimate of drug-likeness (QED) is 0.0300. The number of carboxylic acid groups (broad SMARTS) is 1. The third-order valence-electron chi connectivity index (χ3n) is 15.2. The van der Waals surface area contributed by atoms with Gasteiger partial charge in [0.05, 0.1) is 17.7 Å². The van der Waals surface area contributed by atoms with E-state index >= 15 is 0 Å². The number of Topliss-reactive ketones (excluding diaryl/α,β-unsaturated/α-hetero) is 3. The minimum Gasteiger partial charge on any atom is -0.492 e. The van der Waals surface area contributed by atoms with Gasteiger partial charge in [-0.15, -0.1) is 0 Å². The number of ether oxygens (including phenoxy) is 4. The second kappa shape index (κ2) is 35.2. The highest BCUT2D eigenvalue weighted by molar-refractivity contribution is 6.01. The number of carbonyl (C=O) groups is 6. The topological polar surface area (TPSA) is 277 Å². The lowest BCUT2D eigenvalue weighted by Crippen LogP contribution is -2.46. The van der Waals surface area contributed by atoms with Gasteiger partial charge in [0, 0.05) is 74.3 Å². The third-order valence-corrected chi connectivity index (χ3v) is 15.2. The highest BCUT2D eigenvalue weighted by atomic mass is 16.5. The van der Waals surface area contributed by atoms with Gasteiger partial charge < -0.3 is 51.5 Å². The average Bonchev–Trinajstić information content (AvgIpc) is 3.38. The van der Waals surface area contributed by atoms with Crippen molar-refractivity contribution in [3.05, 3.63) is 166 Å². The minimum absolute atomic E-state index is 0. The van der Waals surface area contributed by atoms with E-state index < -0.39 is 47.5 Å². The van der Waals surface area contributed by atoms with E-state index in [2.05, 4.69) is 43.4 Å². The number of nitriles is 1. The Morgan fingerprint density at radius 2 is 1.22 bits per heavy atom. The molecule has 1 aliphatic heterocycles. The van der Waals surface area contributed by atoms with Crippen LogP contribution in [0.5, 0.6) is 34.5 Å². The van der Waals surface area contributed by atoms with Gasteiger partial charge in [-0.3, -0.25) is 24.0 Å². The molecular formula is C71H88N6O11. The summed E-state index contributed by atoms with van der Waals surface area (Å²) in [6.45, 7) is 10.4. The van der Waals surface area contributed by atoms with Crippen LogP contribution in [0.3, 0.4) is 0 Å². The Kier molecular flexibility index (Phi) is 28.0. The lowest BCUT2D eigenvalue weighted by Gasteiger charge is -2.32. The number of hydrogen-bond donors (Lipinski definition) is 5. The van der Waals surface area contributed by atoms with Crippen LogP contribution in [0.25, 0.3) is 11.1 Å². The number of ketones is 3. The van der Waals surface area contributed by atoms with Crippen LogP contribution in [0.2, 0.25) is 0 Å². The predicted octanol–water partition coefficient (Wildman–Crippen LogP) is 12.2. The summed E-state index contributed by atoms with van der Waals surface area (Å²) in [6.07, 6.45) is 6.39. The Morgan fingerprint density at radius 1 is 0.693 bits per heavy atom. The first-order chi connectivity index (χ1) is 41.9. The number of aryl methyl sites for hydroxylation is 4. The lowest BCUT2D eigenvalue weighted by molar-refractivity contribution is -0.142. The van der Waals surface area contributed by atoms with Crippen molar-refractivity contribution in [1.29, 1.82) is 5.26 Å². The van der Waals surface area contributed by atoms with Crippen LogP contribution in [0.4, 0.5) is 0 Å². The molecule has 4 atom stereocenters. The molecule has 468 valence electrons. The summed E-state index contributed by atoms with van der Waals surface area (Å²) in [5.74, 6) is -1.26. The zero-order valence-corrected chi connectivity index (χ0v) is 51.0. The zero-order valence-electron chi connectivity index (χ0n) is 51.0. The van der Waals surface area contributed by atoms with Gasteiger partial charge >= 0.3 is 5.97 Å². The first-order valence-electron chi connectivity index (χ1n) is 30.1. The molecule has 0 fully saturated rings. The highest BCUT2D eigenvalue weighted by Gasteiger charge is 2.36. The van der Waals surface area contributed by atoms with Crippen LogP contribution >= 0.6 is 0 Å². The normalized spacial score (nSPS) is 14.9. The second-order valence-corrected chi connectivity index (χ2v) is 22.0. The number of carbonyl (C=O) groups excluding carboxylic acids is 5. The van der Waals surface area contributed by atoms with E-state index in [1.54, 1.807) is 80.6 Å². The predicted molar refractivity (Wildman–Crippen MR) is 343 cm³/mol. The van der Waals surface area contributed by atoms with Crippen LogP contribution < -0.4 is 41.5 Å². The Labute approximate surface area is 518 Å². The number of carboxylic acids is 1. The Balaban J connectivity index is 0.000000538. The van der Waals surface area contributed by atoms with Crippen molar-refractivity contribution in [1.82, 2.24) is 10.2 Å². The summed E-state index contributed by atoms with van der Waals surface area (Å²) in [5.41, 5.74) is 24.6. The van der Waals surface area contributed by atoms with Gasteiger partial charge in [-0.1, -0.05) is 77.4 Å². The zero-order chi connectivity index (χ0) is 63.0. The maximum absolute atomic E-state index is 14.7. The summed E-state index contributed by atoms with van der Waals surface area (Å²) in [6, 6.07) is 36.5. The van der Waals surface area contributed by atoms with E-state index in [1.165, 1.54) is 35.9 Å². The maximum atomic E-state index is 14.7. The van der Waals surface area contributed by atoms with Gasteiger partial charge in [-0.05, 0) is 177 Å². The summed E-state index contributed by atoms with van der Waals surface area (Å²) in [5, 5.41) is 21.1. The van der Waals surface area contributed by atoms with E-state index in [0.29, 0.717) is 73.3 Å². The van der Waals surface area contributed by atoms with Crippen molar-refractivity contribution >= 4 is 35.1 Å². The number of unbranched alkanes of at least 4 members (excludes halogenated alkanes) is 2. The van der Waals surface area contributed by atoms with E-state index in [-0.39, 0.29) is 90.4 Å². The molecule has 0 unspecified atom stereocenters. The largest absolute Gasteiger partial charge is 0.492 e. The molecule has 0 aromatic heterocycles. The van der Waals surface area contributed by atoms with Crippen molar-refractivity contribution in [3.8, 4) is 51.7 Å². The summed E-state index contributed by atoms with van der Waals surface area (Å²) >= 11 is 0.